The number of benzene rings is 1. The third-order valence-electron chi connectivity index (χ3n) is 3.63. The van der Waals surface area contributed by atoms with Gasteiger partial charge in [-0.1, -0.05) is 17.7 Å². The topological polar surface area (TPSA) is 29.3 Å². The Bertz CT molecular complexity index is 448. The summed E-state index contributed by atoms with van der Waals surface area (Å²) < 4.78 is 14.3. The van der Waals surface area contributed by atoms with E-state index in [0.717, 1.165) is 30.0 Å². The quantitative estimate of drug-likeness (QED) is 0.924. The maximum Gasteiger partial charge on any atom is 0.128 e. The van der Waals surface area contributed by atoms with Crippen LogP contribution in [0.2, 0.25) is 0 Å². The molecule has 1 aliphatic heterocycles. The van der Waals surface area contributed by atoms with Crippen LogP contribution in [0.25, 0.3) is 0 Å². The van der Waals surface area contributed by atoms with Crippen molar-refractivity contribution in [3.05, 3.63) is 35.1 Å². The SMILES string of the molecule is Cc1ccc(F)c(C(CN)N2CCSC(C)(C)C2)c1. The highest BCUT2D eigenvalue weighted by Gasteiger charge is 2.32. The van der Waals surface area contributed by atoms with Gasteiger partial charge in [0.1, 0.15) is 5.82 Å². The van der Waals surface area contributed by atoms with Gasteiger partial charge in [0.2, 0.25) is 0 Å². The Morgan fingerprint density at radius 1 is 1.47 bits per heavy atom. The van der Waals surface area contributed by atoms with Gasteiger partial charge in [0.15, 0.2) is 0 Å². The van der Waals surface area contributed by atoms with E-state index < -0.39 is 0 Å². The summed E-state index contributed by atoms with van der Waals surface area (Å²) in [6.45, 7) is 8.86. The van der Waals surface area contributed by atoms with Crippen LogP contribution in [0.15, 0.2) is 18.2 Å². The molecule has 4 heteroatoms. The molecule has 0 spiro atoms. The largest absolute Gasteiger partial charge is 0.329 e. The van der Waals surface area contributed by atoms with Crippen LogP contribution in [0.1, 0.15) is 31.0 Å². The van der Waals surface area contributed by atoms with Crippen LogP contribution in [0, 0.1) is 12.7 Å². The summed E-state index contributed by atoms with van der Waals surface area (Å²) in [5, 5.41) is 0. The normalized spacial score (nSPS) is 21.3. The smallest absolute Gasteiger partial charge is 0.128 e. The molecule has 0 aliphatic carbocycles. The minimum absolute atomic E-state index is 0.0138. The van der Waals surface area contributed by atoms with E-state index in [-0.39, 0.29) is 16.6 Å². The van der Waals surface area contributed by atoms with Crippen molar-refractivity contribution in [2.24, 2.45) is 5.73 Å². The van der Waals surface area contributed by atoms with Crippen LogP contribution in [0.5, 0.6) is 0 Å². The predicted molar refractivity (Wildman–Crippen MR) is 81.0 cm³/mol. The zero-order valence-electron chi connectivity index (χ0n) is 11.9. The fourth-order valence-corrected chi connectivity index (χ4v) is 3.85. The molecule has 2 rings (SSSR count). The van der Waals surface area contributed by atoms with Crippen LogP contribution in [-0.2, 0) is 0 Å². The Morgan fingerprint density at radius 3 is 2.84 bits per heavy atom. The first kappa shape index (κ1) is 14.8. The van der Waals surface area contributed by atoms with Crippen LogP contribution in [0.4, 0.5) is 4.39 Å². The number of nitrogens with zero attached hydrogens (tertiary/aromatic N) is 1. The molecule has 1 atom stereocenters. The maximum absolute atomic E-state index is 14.1. The summed E-state index contributed by atoms with van der Waals surface area (Å²) >= 11 is 1.98. The third kappa shape index (κ3) is 3.50. The molecule has 0 aromatic heterocycles. The second-order valence-electron chi connectivity index (χ2n) is 5.86. The first-order chi connectivity index (χ1) is 8.93. The fourth-order valence-electron chi connectivity index (χ4n) is 2.71. The zero-order chi connectivity index (χ0) is 14.0. The van der Waals surface area contributed by atoms with Gasteiger partial charge >= 0.3 is 0 Å². The van der Waals surface area contributed by atoms with Gasteiger partial charge in [-0.2, -0.15) is 11.8 Å². The van der Waals surface area contributed by atoms with Gasteiger partial charge in [0, 0.05) is 41.7 Å². The van der Waals surface area contributed by atoms with Crippen molar-refractivity contribution in [2.45, 2.75) is 31.6 Å². The number of halogens is 1. The Hall–Kier alpha value is -0.580. The van der Waals surface area contributed by atoms with E-state index in [1.807, 2.05) is 30.8 Å². The van der Waals surface area contributed by atoms with Gasteiger partial charge in [-0.15, -0.1) is 0 Å². The van der Waals surface area contributed by atoms with Crippen LogP contribution < -0.4 is 5.73 Å². The first-order valence-corrected chi connectivity index (χ1v) is 7.75. The molecule has 0 amide bonds. The number of rotatable bonds is 3. The van der Waals surface area contributed by atoms with Gasteiger partial charge in [-0.25, -0.2) is 4.39 Å². The molecular formula is C15H23FN2S. The molecule has 1 unspecified atom stereocenters. The Balaban J connectivity index is 2.26. The Morgan fingerprint density at radius 2 is 2.21 bits per heavy atom. The molecule has 1 aromatic rings. The molecule has 1 saturated heterocycles. The van der Waals surface area contributed by atoms with Crippen molar-refractivity contribution in [2.75, 3.05) is 25.4 Å². The molecule has 1 fully saturated rings. The number of hydrogen-bond acceptors (Lipinski definition) is 3. The van der Waals surface area contributed by atoms with Crippen LogP contribution >= 0.6 is 11.8 Å². The molecule has 1 aromatic carbocycles. The summed E-state index contributed by atoms with van der Waals surface area (Å²) in [7, 11) is 0. The third-order valence-corrected chi connectivity index (χ3v) is 4.93. The molecule has 106 valence electrons. The lowest BCUT2D eigenvalue weighted by molar-refractivity contribution is 0.189. The summed E-state index contributed by atoms with van der Waals surface area (Å²) in [6.07, 6.45) is 0. The predicted octanol–water partition coefficient (Wildman–Crippen LogP) is 2.96. The van der Waals surface area contributed by atoms with Gasteiger partial charge in [0.25, 0.3) is 0 Å². The second-order valence-corrected chi connectivity index (χ2v) is 7.66. The van der Waals surface area contributed by atoms with Crippen molar-refractivity contribution in [1.29, 1.82) is 0 Å². The average Bonchev–Trinajstić information content (AvgIpc) is 2.33. The van der Waals surface area contributed by atoms with Gasteiger partial charge < -0.3 is 5.73 Å². The maximum atomic E-state index is 14.1. The molecule has 0 bridgehead atoms. The first-order valence-electron chi connectivity index (χ1n) is 6.77. The molecule has 1 heterocycles. The van der Waals surface area contributed by atoms with E-state index in [1.165, 1.54) is 0 Å². The zero-order valence-corrected chi connectivity index (χ0v) is 12.8. The lowest BCUT2D eigenvalue weighted by Gasteiger charge is -2.41. The standard InChI is InChI=1S/C15H23FN2S/c1-11-4-5-13(16)12(8-11)14(9-17)18-6-7-19-15(2,3)10-18/h4-5,8,14H,6-7,9-10,17H2,1-3H3. The molecule has 0 radical (unpaired) electrons. The van der Waals surface area contributed by atoms with Crippen molar-refractivity contribution >= 4 is 11.8 Å². The second kappa shape index (κ2) is 5.81. The highest BCUT2D eigenvalue weighted by molar-refractivity contribution is 8.00. The lowest BCUT2D eigenvalue weighted by Crippen LogP contribution is -2.46. The van der Waals surface area contributed by atoms with E-state index in [9.17, 15) is 4.39 Å². The van der Waals surface area contributed by atoms with Crippen molar-refractivity contribution < 1.29 is 4.39 Å². The van der Waals surface area contributed by atoms with Crippen LogP contribution in [0.3, 0.4) is 0 Å². The van der Waals surface area contributed by atoms with Crippen LogP contribution in [-0.4, -0.2) is 35.0 Å². The summed E-state index contributed by atoms with van der Waals surface area (Å²) in [4.78, 5) is 2.33. The molecule has 19 heavy (non-hydrogen) atoms. The van der Waals surface area contributed by atoms with Crippen molar-refractivity contribution in [3.8, 4) is 0 Å². The monoisotopic (exact) mass is 282 g/mol. The van der Waals surface area contributed by atoms with E-state index in [1.54, 1.807) is 6.07 Å². The van der Waals surface area contributed by atoms with E-state index in [0.29, 0.717) is 6.54 Å². The molecule has 2 nitrogen and oxygen atoms in total. The van der Waals surface area contributed by atoms with Gasteiger partial charge in [-0.05, 0) is 26.8 Å². The number of aryl methyl sites for hydroxylation is 1. The minimum atomic E-state index is -0.142. The molecule has 1 aliphatic rings. The highest BCUT2D eigenvalue weighted by atomic mass is 32.2. The molecule has 2 N–H and O–H groups in total. The summed E-state index contributed by atoms with van der Waals surface area (Å²) in [5.74, 6) is 0.939. The summed E-state index contributed by atoms with van der Waals surface area (Å²) in [6, 6.07) is 5.28. The molecule has 0 saturated carbocycles. The van der Waals surface area contributed by atoms with Gasteiger partial charge in [0.05, 0.1) is 0 Å². The van der Waals surface area contributed by atoms with E-state index >= 15 is 0 Å². The number of hydrogen-bond donors (Lipinski definition) is 1. The Labute approximate surface area is 119 Å². The van der Waals surface area contributed by atoms with Crippen molar-refractivity contribution in [3.63, 3.8) is 0 Å². The minimum Gasteiger partial charge on any atom is -0.329 e. The lowest BCUT2D eigenvalue weighted by atomic mass is 10.0. The van der Waals surface area contributed by atoms with Crippen molar-refractivity contribution in [1.82, 2.24) is 4.90 Å². The summed E-state index contributed by atoms with van der Waals surface area (Å²) in [5.41, 5.74) is 7.75. The van der Waals surface area contributed by atoms with E-state index in [2.05, 4.69) is 18.7 Å². The van der Waals surface area contributed by atoms with E-state index in [4.69, 9.17) is 5.73 Å². The number of nitrogens with two attached hydrogens (primary N) is 1. The number of thioether (sulfide) groups is 1. The fraction of sp³-hybridized carbons (Fsp3) is 0.600. The average molecular weight is 282 g/mol. The Kier molecular flexibility index (Phi) is 4.54. The van der Waals surface area contributed by atoms with Gasteiger partial charge in [-0.3, -0.25) is 4.90 Å². The molecular weight excluding hydrogens is 259 g/mol. The highest BCUT2D eigenvalue weighted by Crippen LogP contribution is 2.34.